The molecular formula is C21H22F2N4O4. The highest BCUT2D eigenvalue weighted by Gasteiger charge is 2.18. The van der Waals surface area contributed by atoms with E-state index in [0.29, 0.717) is 36.3 Å². The first kappa shape index (κ1) is 21.1. The zero-order valence-electron chi connectivity index (χ0n) is 16.8. The van der Waals surface area contributed by atoms with Crippen molar-refractivity contribution in [3.63, 3.8) is 0 Å². The normalized spacial score (nSPS) is 15.7. The van der Waals surface area contributed by atoms with Crippen LogP contribution in [-0.2, 0) is 11.3 Å². The molecule has 4 rings (SSSR count). The van der Waals surface area contributed by atoms with Crippen molar-refractivity contribution in [1.29, 1.82) is 0 Å². The minimum atomic E-state index is -0.843. The molecule has 1 aliphatic rings. The molecule has 8 nitrogen and oxygen atoms in total. The van der Waals surface area contributed by atoms with Crippen molar-refractivity contribution in [2.45, 2.75) is 38.5 Å². The fraction of sp³-hybridized carbons (Fsp3) is 0.381. The molecule has 10 heteroatoms. The highest BCUT2D eigenvalue weighted by molar-refractivity contribution is 5.77. The molecule has 0 aliphatic carbocycles. The van der Waals surface area contributed by atoms with E-state index in [1.165, 1.54) is 23.8 Å². The van der Waals surface area contributed by atoms with Gasteiger partial charge in [0, 0.05) is 49.0 Å². The number of aliphatic hydroxyl groups is 1. The first-order chi connectivity index (χ1) is 14.9. The van der Waals surface area contributed by atoms with Gasteiger partial charge in [-0.1, -0.05) is 0 Å². The Hall–Kier alpha value is -3.11. The summed E-state index contributed by atoms with van der Waals surface area (Å²) in [6, 6.07) is 4.23. The molecule has 0 bridgehead atoms. The summed E-state index contributed by atoms with van der Waals surface area (Å²) in [5, 5.41) is 13.6. The van der Waals surface area contributed by atoms with Gasteiger partial charge >= 0.3 is 0 Å². The highest BCUT2D eigenvalue weighted by Crippen LogP contribution is 2.24. The Morgan fingerprint density at radius 2 is 1.97 bits per heavy atom. The summed E-state index contributed by atoms with van der Waals surface area (Å²) in [5.41, 5.74) is -0.276. The molecule has 31 heavy (non-hydrogen) atoms. The van der Waals surface area contributed by atoms with Gasteiger partial charge in [0.15, 0.2) is 5.75 Å². The van der Waals surface area contributed by atoms with Gasteiger partial charge in [-0.2, -0.15) is 4.98 Å². The lowest BCUT2D eigenvalue weighted by Crippen LogP contribution is -2.29. The molecule has 2 N–H and O–H groups in total. The lowest BCUT2D eigenvalue weighted by atomic mass is 10.1. The fourth-order valence-electron chi connectivity index (χ4n) is 3.45. The number of ether oxygens (including phenoxy) is 2. The number of pyridine rings is 1. The number of aromatic nitrogens is 3. The maximum absolute atomic E-state index is 13.5. The molecule has 0 unspecified atom stereocenters. The van der Waals surface area contributed by atoms with Crippen LogP contribution in [0.3, 0.4) is 0 Å². The van der Waals surface area contributed by atoms with Crippen molar-refractivity contribution in [2.75, 3.05) is 18.5 Å². The second kappa shape index (κ2) is 8.94. The van der Waals surface area contributed by atoms with E-state index in [2.05, 4.69) is 15.3 Å². The first-order valence-electron chi connectivity index (χ1n) is 9.96. The van der Waals surface area contributed by atoms with Crippen LogP contribution in [0, 0.1) is 11.6 Å². The summed E-state index contributed by atoms with van der Waals surface area (Å²) < 4.78 is 39.1. The van der Waals surface area contributed by atoms with Gasteiger partial charge in [0.1, 0.15) is 23.0 Å². The molecule has 1 aromatic carbocycles. The molecule has 0 amide bonds. The van der Waals surface area contributed by atoms with Gasteiger partial charge in [-0.25, -0.2) is 13.8 Å². The van der Waals surface area contributed by atoms with Gasteiger partial charge in [-0.15, -0.1) is 0 Å². The van der Waals surface area contributed by atoms with Crippen molar-refractivity contribution in [3.8, 4) is 11.5 Å². The van der Waals surface area contributed by atoms with E-state index in [1.54, 1.807) is 0 Å². The number of hydrogen-bond acceptors (Lipinski definition) is 7. The van der Waals surface area contributed by atoms with Crippen LogP contribution in [0.25, 0.3) is 11.0 Å². The Labute approximate surface area is 176 Å². The Balaban J connectivity index is 1.73. The molecule has 0 radical (unpaired) electrons. The van der Waals surface area contributed by atoms with Crippen LogP contribution >= 0.6 is 0 Å². The van der Waals surface area contributed by atoms with Crippen molar-refractivity contribution in [1.82, 2.24) is 14.5 Å². The van der Waals surface area contributed by atoms with Gasteiger partial charge in [0.05, 0.1) is 12.6 Å². The third kappa shape index (κ3) is 4.97. The molecule has 3 aromatic rings. The Morgan fingerprint density at radius 1 is 1.26 bits per heavy atom. The van der Waals surface area contributed by atoms with Crippen molar-refractivity contribution in [2.24, 2.45) is 0 Å². The predicted molar refractivity (Wildman–Crippen MR) is 109 cm³/mol. The summed E-state index contributed by atoms with van der Waals surface area (Å²) in [5.74, 6) is -1.61. The van der Waals surface area contributed by atoms with Crippen LogP contribution in [0.15, 0.2) is 35.3 Å². The third-order valence-corrected chi connectivity index (χ3v) is 4.86. The lowest BCUT2D eigenvalue weighted by Gasteiger charge is -2.23. The van der Waals surface area contributed by atoms with Crippen molar-refractivity contribution >= 4 is 17.0 Å². The number of nitrogens with one attached hydrogen (secondary N) is 1. The molecule has 164 valence electrons. The second-order valence-corrected chi connectivity index (χ2v) is 7.48. The molecule has 2 aromatic heterocycles. The number of fused-ring (bicyclic) bond motifs is 1. The molecule has 1 aliphatic heterocycles. The average Bonchev–Trinajstić information content (AvgIpc) is 2.71. The van der Waals surface area contributed by atoms with E-state index in [1.807, 2.05) is 0 Å². The molecule has 1 saturated heterocycles. The monoisotopic (exact) mass is 432 g/mol. The fourth-order valence-corrected chi connectivity index (χ4v) is 3.45. The van der Waals surface area contributed by atoms with E-state index in [-0.39, 0.29) is 24.1 Å². The molecule has 1 fully saturated rings. The Bertz CT molecular complexity index is 1130. The second-order valence-electron chi connectivity index (χ2n) is 7.48. The number of anilines is 1. The number of aliphatic hydroxyl groups excluding tert-OH is 1. The number of hydrogen-bond donors (Lipinski definition) is 2. The molecule has 3 heterocycles. The van der Waals surface area contributed by atoms with Crippen LogP contribution in [-0.4, -0.2) is 45.0 Å². The lowest BCUT2D eigenvalue weighted by molar-refractivity contribution is 0.0903. The quantitative estimate of drug-likeness (QED) is 0.618. The number of benzene rings is 1. The van der Waals surface area contributed by atoms with Gasteiger partial charge < -0.3 is 19.9 Å². The van der Waals surface area contributed by atoms with Crippen LogP contribution in [0.4, 0.5) is 14.7 Å². The number of halogens is 2. The van der Waals surface area contributed by atoms with Gasteiger partial charge in [-0.05, 0) is 25.8 Å². The zero-order valence-corrected chi connectivity index (χ0v) is 16.8. The molecule has 0 saturated carbocycles. The van der Waals surface area contributed by atoms with Gasteiger partial charge in [-0.3, -0.25) is 9.36 Å². The minimum absolute atomic E-state index is 0.0439. The molecular weight excluding hydrogens is 410 g/mol. The molecule has 0 spiro atoms. The Morgan fingerprint density at radius 3 is 2.65 bits per heavy atom. The van der Waals surface area contributed by atoms with Gasteiger partial charge in [0.25, 0.3) is 5.56 Å². The van der Waals surface area contributed by atoms with E-state index in [4.69, 9.17) is 9.47 Å². The standard InChI is InChI=1S/C21H22F2N4O4/c1-12(28)11-27-19-13(10-24-21(26-19)25-16-2-4-30-5-3-16)6-18(20(27)29)31-17-8-14(22)7-15(23)9-17/h6-10,12,16,28H,2-5,11H2,1H3,(H,24,25,26)/t12-/m0/s1. The van der Waals surface area contributed by atoms with E-state index < -0.39 is 23.3 Å². The summed E-state index contributed by atoms with van der Waals surface area (Å²) in [7, 11) is 0. The predicted octanol–water partition coefficient (Wildman–Crippen LogP) is 2.83. The smallest absolute Gasteiger partial charge is 0.295 e. The molecule has 1 atom stereocenters. The summed E-state index contributed by atoms with van der Waals surface area (Å²) >= 11 is 0. The maximum Gasteiger partial charge on any atom is 0.295 e. The van der Waals surface area contributed by atoms with Crippen LogP contribution in [0.2, 0.25) is 0 Å². The maximum atomic E-state index is 13.5. The van der Waals surface area contributed by atoms with Crippen molar-refractivity contribution in [3.05, 3.63) is 52.5 Å². The summed E-state index contributed by atoms with van der Waals surface area (Å²) in [6.45, 7) is 2.80. The topological polar surface area (TPSA) is 98.5 Å². The van der Waals surface area contributed by atoms with Crippen LogP contribution in [0.5, 0.6) is 11.5 Å². The largest absolute Gasteiger partial charge is 0.451 e. The summed E-state index contributed by atoms with van der Waals surface area (Å²) in [6.07, 6.45) is 2.32. The van der Waals surface area contributed by atoms with Crippen LogP contribution < -0.4 is 15.6 Å². The van der Waals surface area contributed by atoms with E-state index >= 15 is 0 Å². The Kier molecular flexibility index (Phi) is 6.10. The zero-order chi connectivity index (χ0) is 22.0. The van der Waals surface area contributed by atoms with E-state index in [0.717, 1.165) is 25.0 Å². The number of rotatable bonds is 6. The SMILES string of the molecule is C[C@H](O)Cn1c(=O)c(Oc2cc(F)cc(F)c2)cc2cnc(NC3CCOCC3)nc21. The average molecular weight is 432 g/mol. The van der Waals surface area contributed by atoms with Gasteiger partial charge in [0.2, 0.25) is 5.95 Å². The minimum Gasteiger partial charge on any atom is -0.451 e. The highest BCUT2D eigenvalue weighted by atomic mass is 19.1. The summed E-state index contributed by atoms with van der Waals surface area (Å²) in [4.78, 5) is 21.8. The number of nitrogens with zero attached hydrogens (tertiary/aromatic N) is 3. The van der Waals surface area contributed by atoms with Crippen LogP contribution in [0.1, 0.15) is 19.8 Å². The van der Waals surface area contributed by atoms with Crippen molar-refractivity contribution < 1.29 is 23.4 Å². The van der Waals surface area contributed by atoms with E-state index in [9.17, 15) is 18.7 Å². The first-order valence-corrected chi connectivity index (χ1v) is 9.96. The third-order valence-electron chi connectivity index (χ3n) is 4.86.